The molecule has 0 amide bonds. The third kappa shape index (κ3) is 7.10. The van der Waals surface area contributed by atoms with Gasteiger partial charge in [-0.3, -0.25) is 19.8 Å². The number of aromatic hydroxyl groups is 1. The Balaban J connectivity index is 1.78. The Morgan fingerprint density at radius 2 is 1.19 bits per heavy atom. The minimum absolute atomic E-state index is 0.0284. The molecule has 0 bridgehead atoms. The molecule has 0 fully saturated rings. The number of hydrogen-bond acceptors (Lipinski definition) is 7. The van der Waals surface area contributed by atoms with E-state index in [0.717, 1.165) is 28.1 Å². The van der Waals surface area contributed by atoms with Gasteiger partial charge in [0.1, 0.15) is 5.75 Å². The van der Waals surface area contributed by atoms with Crippen molar-refractivity contribution in [2.24, 2.45) is 0 Å². The average Bonchev–Trinajstić information content (AvgIpc) is 2.78. The summed E-state index contributed by atoms with van der Waals surface area (Å²) in [7, 11) is 0. The summed E-state index contributed by atoms with van der Waals surface area (Å²) >= 11 is 0. The molecule has 0 spiro atoms. The first-order chi connectivity index (χ1) is 15.6. The van der Waals surface area contributed by atoms with Crippen molar-refractivity contribution in [3.05, 3.63) is 89.0 Å². The first-order valence-corrected chi connectivity index (χ1v) is 10.9. The zero-order valence-corrected chi connectivity index (χ0v) is 18.6. The van der Waals surface area contributed by atoms with E-state index in [9.17, 15) is 15.3 Å². The molecular weight excluding hydrogens is 404 g/mol. The number of benzene rings is 1. The van der Waals surface area contributed by atoms with Gasteiger partial charge in [-0.1, -0.05) is 29.8 Å². The van der Waals surface area contributed by atoms with E-state index in [0.29, 0.717) is 39.3 Å². The Kier molecular flexibility index (Phi) is 9.13. The third-order valence-corrected chi connectivity index (χ3v) is 5.26. The Bertz CT molecular complexity index is 879. The highest BCUT2D eigenvalue weighted by molar-refractivity contribution is 5.43. The lowest BCUT2D eigenvalue weighted by molar-refractivity contribution is 0.178. The highest BCUT2D eigenvalue weighted by Gasteiger charge is 2.16. The number of rotatable bonds is 12. The molecule has 0 radical (unpaired) electrons. The SMILES string of the molecule is Cc1cc(CN(CCO)Cc2ccccn2)c(O)c(CN(CCO)Cc2ccccn2)c1. The molecule has 0 saturated heterocycles. The maximum absolute atomic E-state index is 11.1. The van der Waals surface area contributed by atoms with E-state index in [1.54, 1.807) is 12.4 Å². The number of nitrogens with zero attached hydrogens (tertiary/aromatic N) is 4. The van der Waals surface area contributed by atoms with Crippen LogP contribution >= 0.6 is 0 Å². The van der Waals surface area contributed by atoms with Crippen molar-refractivity contribution in [1.29, 1.82) is 0 Å². The largest absolute Gasteiger partial charge is 0.507 e. The minimum Gasteiger partial charge on any atom is -0.507 e. The summed E-state index contributed by atoms with van der Waals surface area (Å²) in [5, 5.41) is 30.1. The van der Waals surface area contributed by atoms with Crippen LogP contribution in [-0.4, -0.2) is 61.4 Å². The number of pyridine rings is 2. The number of aromatic nitrogens is 2. The van der Waals surface area contributed by atoms with Crippen molar-refractivity contribution in [3.8, 4) is 5.75 Å². The second-order valence-corrected chi connectivity index (χ2v) is 7.94. The fraction of sp³-hybridized carbons (Fsp3) is 0.360. The van der Waals surface area contributed by atoms with E-state index in [1.165, 1.54) is 0 Å². The molecule has 3 aromatic rings. The molecule has 0 saturated carbocycles. The summed E-state index contributed by atoms with van der Waals surface area (Å²) in [6.07, 6.45) is 3.51. The van der Waals surface area contributed by atoms with Crippen molar-refractivity contribution in [3.63, 3.8) is 0 Å². The molecule has 32 heavy (non-hydrogen) atoms. The van der Waals surface area contributed by atoms with Gasteiger partial charge in [0.05, 0.1) is 24.6 Å². The van der Waals surface area contributed by atoms with Gasteiger partial charge in [0, 0.05) is 62.8 Å². The summed E-state index contributed by atoms with van der Waals surface area (Å²) in [5.41, 5.74) is 4.50. The van der Waals surface area contributed by atoms with E-state index in [2.05, 4.69) is 19.8 Å². The monoisotopic (exact) mass is 436 g/mol. The molecule has 7 heteroatoms. The van der Waals surface area contributed by atoms with Crippen molar-refractivity contribution >= 4 is 0 Å². The quantitative estimate of drug-likeness (QED) is 0.402. The number of phenols is 1. The van der Waals surface area contributed by atoms with Crippen molar-refractivity contribution in [1.82, 2.24) is 19.8 Å². The fourth-order valence-electron chi connectivity index (χ4n) is 3.81. The zero-order valence-electron chi connectivity index (χ0n) is 18.6. The highest BCUT2D eigenvalue weighted by atomic mass is 16.3. The summed E-state index contributed by atoms with van der Waals surface area (Å²) in [4.78, 5) is 12.9. The molecule has 170 valence electrons. The predicted molar refractivity (Wildman–Crippen MR) is 124 cm³/mol. The average molecular weight is 437 g/mol. The van der Waals surface area contributed by atoms with Gasteiger partial charge < -0.3 is 15.3 Å². The summed E-state index contributed by atoms with van der Waals surface area (Å²) in [5.74, 6) is 0.253. The molecule has 0 aliphatic heterocycles. The smallest absolute Gasteiger partial charge is 0.124 e. The number of aliphatic hydroxyl groups is 2. The molecule has 3 N–H and O–H groups in total. The van der Waals surface area contributed by atoms with E-state index in [-0.39, 0.29) is 19.0 Å². The molecule has 3 rings (SSSR count). The maximum atomic E-state index is 11.1. The van der Waals surface area contributed by atoms with E-state index < -0.39 is 0 Å². The van der Waals surface area contributed by atoms with Gasteiger partial charge in [-0.2, -0.15) is 0 Å². The molecule has 0 aliphatic carbocycles. The van der Waals surface area contributed by atoms with Gasteiger partial charge in [-0.05, 0) is 31.2 Å². The summed E-state index contributed by atoms with van der Waals surface area (Å²) in [6, 6.07) is 15.5. The van der Waals surface area contributed by atoms with Crippen LogP contribution in [0.25, 0.3) is 0 Å². The lowest BCUT2D eigenvalue weighted by Gasteiger charge is -2.25. The van der Waals surface area contributed by atoms with Gasteiger partial charge in [0.25, 0.3) is 0 Å². The van der Waals surface area contributed by atoms with Crippen molar-refractivity contribution < 1.29 is 15.3 Å². The highest BCUT2D eigenvalue weighted by Crippen LogP contribution is 2.28. The van der Waals surface area contributed by atoms with Gasteiger partial charge >= 0.3 is 0 Å². The molecule has 0 unspecified atom stereocenters. The molecule has 0 atom stereocenters. The summed E-state index contributed by atoms with van der Waals surface area (Å²) in [6.45, 7) is 5.19. The molecular formula is C25H32N4O3. The topological polar surface area (TPSA) is 93.0 Å². The van der Waals surface area contributed by atoms with Crippen LogP contribution in [0.2, 0.25) is 0 Å². The number of hydrogen-bond donors (Lipinski definition) is 3. The zero-order chi connectivity index (χ0) is 22.8. The van der Waals surface area contributed by atoms with Crippen LogP contribution < -0.4 is 0 Å². The van der Waals surface area contributed by atoms with Gasteiger partial charge in [0.2, 0.25) is 0 Å². The van der Waals surface area contributed by atoms with E-state index >= 15 is 0 Å². The van der Waals surface area contributed by atoms with Crippen LogP contribution in [0.1, 0.15) is 28.1 Å². The normalized spacial score (nSPS) is 11.4. The standard InChI is InChI=1S/C25H32N4O3/c1-20-14-21(16-28(10-12-30)18-23-6-2-4-8-26-23)25(32)22(15-20)17-29(11-13-31)19-24-7-3-5-9-27-24/h2-9,14-15,30-32H,10-13,16-19H2,1H3. The van der Waals surface area contributed by atoms with Crippen LogP contribution in [0.5, 0.6) is 5.75 Å². The molecule has 7 nitrogen and oxygen atoms in total. The molecule has 1 aromatic carbocycles. The number of phenolic OH excluding ortho intramolecular Hbond substituents is 1. The van der Waals surface area contributed by atoms with Crippen LogP contribution in [0.4, 0.5) is 0 Å². The van der Waals surface area contributed by atoms with Crippen molar-refractivity contribution in [2.75, 3.05) is 26.3 Å². The lowest BCUT2D eigenvalue weighted by Crippen LogP contribution is -2.28. The van der Waals surface area contributed by atoms with Gasteiger partial charge in [-0.25, -0.2) is 0 Å². The molecule has 2 heterocycles. The van der Waals surface area contributed by atoms with Crippen LogP contribution in [0.15, 0.2) is 60.9 Å². The Morgan fingerprint density at radius 1 is 0.719 bits per heavy atom. The van der Waals surface area contributed by atoms with Gasteiger partial charge in [0.15, 0.2) is 0 Å². The van der Waals surface area contributed by atoms with Crippen LogP contribution in [0, 0.1) is 6.92 Å². The second-order valence-electron chi connectivity index (χ2n) is 7.94. The lowest BCUT2D eigenvalue weighted by atomic mass is 10.0. The van der Waals surface area contributed by atoms with E-state index in [4.69, 9.17) is 0 Å². The molecule has 2 aromatic heterocycles. The summed E-state index contributed by atoms with van der Waals surface area (Å²) < 4.78 is 0. The molecule has 0 aliphatic rings. The van der Waals surface area contributed by atoms with E-state index in [1.807, 2.05) is 55.5 Å². The predicted octanol–water partition coefficient (Wildman–Crippen LogP) is 2.48. The number of aryl methyl sites for hydroxylation is 1. The minimum atomic E-state index is 0.0284. The Hall–Kier alpha value is -2.84. The van der Waals surface area contributed by atoms with Crippen LogP contribution in [0.3, 0.4) is 0 Å². The first-order valence-electron chi connectivity index (χ1n) is 10.9. The van der Waals surface area contributed by atoms with Gasteiger partial charge in [-0.15, -0.1) is 0 Å². The fourth-order valence-corrected chi connectivity index (χ4v) is 3.81. The Labute approximate surface area is 189 Å². The van der Waals surface area contributed by atoms with Crippen LogP contribution in [-0.2, 0) is 26.2 Å². The number of aliphatic hydroxyl groups excluding tert-OH is 2. The van der Waals surface area contributed by atoms with Crippen molar-refractivity contribution in [2.45, 2.75) is 33.1 Å². The Morgan fingerprint density at radius 3 is 1.56 bits per heavy atom. The first kappa shape index (κ1) is 23.8. The third-order valence-electron chi connectivity index (χ3n) is 5.26. The second kappa shape index (κ2) is 12.3. The maximum Gasteiger partial charge on any atom is 0.124 e.